The van der Waals surface area contributed by atoms with E-state index in [2.05, 4.69) is 21.3 Å². The number of nitrogens with zero attached hydrogens (tertiary/aromatic N) is 8. The van der Waals surface area contributed by atoms with E-state index in [9.17, 15) is 48.6 Å². The molecule has 6 atom stereocenters. The van der Waals surface area contributed by atoms with E-state index in [0.717, 1.165) is 5.56 Å². The van der Waals surface area contributed by atoms with E-state index in [1.54, 1.807) is 29.8 Å². The molecule has 1 aromatic carbocycles. The fourth-order valence-electron chi connectivity index (χ4n) is 10.7. The lowest BCUT2D eigenvalue weighted by Gasteiger charge is -2.24. The van der Waals surface area contributed by atoms with E-state index in [0.29, 0.717) is 100 Å². The number of Topliss-reactive ketones (excluding diaryl/α,β-unsaturated/α-hetero) is 1. The number of nitrogens with one attached hydrogen (secondary N) is 4. The van der Waals surface area contributed by atoms with Crippen molar-refractivity contribution in [3.63, 3.8) is 0 Å². The second kappa shape index (κ2) is 30.1. The monoisotopic (exact) mass is 1360 g/mol. The Morgan fingerprint density at radius 1 is 0.728 bits per heavy atom. The number of fused-ring (bicyclic) bond motifs is 14. The highest BCUT2D eigenvalue weighted by Gasteiger charge is 2.36. The summed E-state index contributed by atoms with van der Waals surface area (Å²) in [4.78, 5) is 144. The molecule has 10 rings (SSSR count). The van der Waals surface area contributed by atoms with Gasteiger partial charge in [0.25, 0.3) is 11.8 Å². The fourth-order valence-corrected chi connectivity index (χ4v) is 16.4. The number of aromatic nitrogens is 7. The summed E-state index contributed by atoms with van der Waals surface area (Å²) in [6, 6.07) is 11.5. The van der Waals surface area contributed by atoms with Gasteiger partial charge in [-0.1, -0.05) is 57.5 Å². The van der Waals surface area contributed by atoms with Crippen molar-refractivity contribution in [3.05, 3.63) is 111 Å². The molecule has 6 N–H and O–H groups in total. The zero-order valence-corrected chi connectivity index (χ0v) is 55.8. The van der Waals surface area contributed by atoms with Gasteiger partial charge in [0, 0.05) is 77.3 Å². The molecule has 0 saturated heterocycles. The Morgan fingerprint density at radius 3 is 2.20 bits per heavy atom. The topological polar surface area (TPSA) is 337 Å². The lowest BCUT2D eigenvalue weighted by Crippen LogP contribution is -2.40. The number of unbranched alkanes of at least 4 members (excludes halogenated alkanes) is 2. The number of methoxy groups -OCH3 is 1. The van der Waals surface area contributed by atoms with Crippen molar-refractivity contribution in [2.45, 2.75) is 122 Å². The quantitative estimate of drug-likeness (QED) is 0.0461. The molecule has 8 aromatic rings. The molecule has 1 aliphatic heterocycles. The molecule has 92 heavy (non-hydrogen) atoms. The van der Waals surface area contributed by atoms with E-state index in [1.807, 2.05) is 61.9 Å². The molecule has 7 aromatic heterocycles. The second-order valence-electron chi connectivity index (χ2n) is 22.5. The first-order valence-corrected chi connectivity index (χ1v) is 34.8. The number of carboxylic acid groups (broad SMARTS) is 2. The number of anilines is 1. The number of hydrogen-bond acceptors (Lipinski definition) is 23. The number of rotatable bonds is 17. The second-order valence-corrected chi connectivity index (χ2v) is 28.3. The van der Waals surface area contributed by atoms with Crippen LogP contribution in [0.4, 0.5) is 10.6 Å². The van der Waals surface area contributed by atoms with Gasteiger partial charge in [-0.15, -0.1) is 68.0 Å². The summed E-state index contributed by atoms with van der Waals surface area (Å²) in [7, 11) is 2.98. The van der Waals surface area contributed by atoms with Gasteiger partial charge in [-0.2, -0.15) is 0 Å². The van der Waals surface area contributed by atoms with Gasteiger partial charge in [0.2, 0.25) is 11.8 Å². The minimum Gasteiger partial charge on any atom is -0.481 e. The molecule has 1 fully saturated rings. The Morgan fingerprint density at radius 2 is 1.46 bits per heavy atom. The smallest absolute Gasteiger partial charge is 0.415 e. The van der Waals surface area contributed by atoms with Gasteiger partial charge in [-0.25, -0.2) is 39.7 Å². The van der Waals surface area contributed by atoms with E-state index >= 15 is 0 Å². The molecule has 0 spiro atoms. The van der Waals surface area contributed by atoms with Crippen molar-refractivity contribution in [1.82, 2.24) is 56.2 Å². The normalized spacial score (nSPS) is 18.4. The number of amides is 5. The molecular formula is C62H66N12O12S6. The Bertz CT molecular complexity index is 4020. The fraction of sp³-hybridized carbons (Fsp3) is 0.403. The van der Waals surface area contributed by atoms with Crippen molar-refractivity contribution in [2.24, 2.45) is 11.8 Å². The van der Waals surface area contributed by atoms with Gasteiger partial charge in [0.1, 0.15) is 71.1 Å². The number of ether oxygens (including phenoxy) is 2. The maximum Gasteiger partial charge on any atom is 0.415 e. The van der Waals surface area contributed by atoms with E-state index in [4.69, 9.17) is 44.4 Å². The lowest BCUT2D eigenvalue weighted by molar-refractivity contribution is -0.142. The van der Waals surface area contributed by atoms with Crippen molar-refractivity contribution < 1.29 is 58.0 Å². The average molecular weight is 1360 g/mol. The van der Waals surface area contributed by atoms with E-state index in [-0.39, 0.29) is 79.4 Å². The minimum atomic E-state index is -0.980. The molecule has 10 bridgehead atoms. The summed E-state index contributed by atoms with van der Waals surface area (Å²) in [6.07, 6.45) is 0.665. The summed E-state index contributed by atoms with van der Waals surface area (Å²) in [5.74, 6) is -5.56. The first kappa shape index (κ1) is 66.8. The van der Waals surface area contributed by atoms with Crippen LogP contribution < -0.4 is 26.2 Å². The summed E-state index contributed by atoms with van der Waals surface area (Å²) in [6.45, 7) is 7.42. The van der Waals surface area contributed by atoms with E-state index in [1.165, 1.54) is 87.1 Å². The van der Waals surface area contributed by atoms with Crippen LogP contribution in [-0.4, -0.2) is 126 Å². The van der Waals surface area contributed by atoms with Gasteiger partial charge in [-0.05, 0) is 62.6 Å². The first-order chi connectivity index (χ1) is 44.2. The summed E-state index contributed by atoms with van der Waals surface area (Å²) < 4.78 is 11.4. The maximum absolute atomic E-state index is 14.5. The number of ketones is 1. The predicted octanol–water partition coefficient (Wildman–Crippen LogP) is 11.1. The highest BCUT2D eigenvalue weighted by molar-refractivity contribution is 7.15. The number of carbonyl (C=O) groups is 8. The molecule has 8 heterocycles. The van der Waals surface area contributed by atoms with E-state index < -0.39 is 78.2 Å². The molecule has 1 aliphatic carbocycles. The van der Waals surface area contributed by atoms with Crippen molar-refractivity contribution in [2.75, 3.05) is 32.1 Å². The van der Waals surface area contributed by atoms with Crippen molar-refractivity contribution in [3.8, 4) is 43.4 Å². The molecule has 30 heteroatoms. The third-order valence-electron chi connectivity index (χ3n) is 15.7. The van der Waals surface area contributed by atoms with Crippen LogP contribution in [-0.2, 0) is 35.3 Å². The third kappa shape index (κ3) is 15.8. The zero-order chi connectivity index (χ0) is 65.3. The standard InChI is InChI=1S/C62H66N12O12S6/c1-30(2)37-22-43(75)50-32(4)91-59(72-50)39(23-46(76)63-5)66-53(80)41-27-87-55(68-41)36-18-19-38(57-70-45(29-90-57)74(20-12-8-11-15-48(78)79)62(84)86-35-17-16-34(21-35)61(82)83)65-51(36)40-26-88-58(67-40)42-28-89-60(69-42)49(31(3)33-13-9-7-10-14-33)71-47(77)24-64-54(81)52-44(25-85-6)92-56(37)73-52/h7,9-10,13-14,18-19,26-31,34-35,37,39,49H,8,11-12,15-17,20-25H2,1-6H3,(H,63,76)(H,64,81)(H,66,80)(H,71,77)(H,78,79)(H,82,83)/t31-,34-,35-,37?,39-,49-/m0/s1. The summed E-state index contributed by atoms with van der Waals surface area (Å²) >= 11 is 7.45. The SMILES string of the molecule is CNC(=O)C[C@@H]1NC(=O)c2csc(n2)-c2ccc(-c3nc(N(CCCCCC(=O)O)C(=O)O[C@H]4CC[C@H](C(=O)O)C4)cs3)nc2-c2csc(n2)-c2csc(n2)[C@H]([C@@H](C)c2ccccc2)NC(=O)CNC(=O)c2nc(sc2COC)C(C(C)C)CC(=O)c2nc1sc2C. The van der Waals surface area contributed by atoms with Crippen molar-refractivity contribution in [1.29, 1.82) is 0 Å². The number of hydrogen-bond donors (Lipinski definition) is 6. The molecule has 5 amide bonds. The van der Waals surface area contributed by atoms with Crippen LogP contribution in [0.3, 0.4) is 0 Å². The Labute approximate surface area is 552 Å². The number of pyridine rings is 1. The van der Waals surface area contributed by atoms with Gasteiger partial charge in [-0.3, -0.25) is 38.5 Å². The molecule has 2 aliphatic rings. The number of thiazole rings is 6. The van der Waals surface area contributed by atoms with Gasteiger partial charge < -0.3 is 41.0 Å². The molecule has 482 valence electrons. The maximum atomic E-state index is 14.5. The number of benzene rings is 1. The number of aliphatic carboxylic acids is 2. The van der Waals surface area contributed by atoms with Crippen LogP contribution in [0.2, 0.25) is 0 Å². The highest BCUT2D eigenvalue weighted by Crippen LogP contribution is 2.42. The predicted molar refractivity (Wildman–Crippen MR) is 351 cm³/mol. The molecular weight excluding hydrogens is 1300 g/mol. The average Bonchev–Trinajstić information content (AvgIpc) is 1.62. The van der Waals surface area contributed by atoms with Gasteiger partial charge >= 0.3 is 18.0 Å². The van der Waals surface area contributed by atoms with Crippen molar-refractivity contribution >= 4 is 121 Å². The molecule has 0 radical (unpaired) electrons. The molecule has 24 nitrogen and oxygen atoms in total. The van der Waals surface area contributed by atoms with Crippen LogP contribution in [0.15, 0.2) is 64.0 Å². The summed E-state index contributed by atoms with van der Waals surface area (Å²) in [5.41, 5.74) is 3.35. The third-order valence-corrected chi connectivity index (χ3v) is 21.5. The Balaban J connectivity index is 1.04. The number of carbonyl (C=O) groups excluding carboxylic acids is 6. The van der Waals surface area contributed by atoms with Crippen LogP contribution in [0.1, 0.15) is 164 Å². The largest absolute Gasteiger partial charge is 0.481 e. The van der Waals surface area contributed by atoms with Crippen LogP contribution >= 0.6 is 68.0 Å². The summed E-state index contributed by atoms with van der Waals surface area (Å²) in [5, 5.41) is 40.0. The number of carboxylic acids is 2. The zero-order valence-electron chi connectivity index (χ0n) is 50.9. The van der Waals surface area contributed by atoms with Crippen LogP contribution in [0, 0.1) is 18.8 Å². The van der Waals surface area contributed by atoms with Gasteiger partial charge in [0.05, 0.1) is 53.2 Å². The number of aryl methyl sites for hydroxylation is 1. The molecule has 1 saturated carbocycles. The van der Waals surface area contributed by atoms with Crippen LogP contribution in [0.25, 0.3) is 43.4 Å². The first-order valence-electron chi connectivity index (χ1n) is 29.7. The minimum absolute atomic E-state index is 0.0236. The van der Waals surface area contributed by atoms with Crippen LogP contribution in [0.5, 0.6) is 0 Å². The Kier molecular flexibility index (Phi) is 21.8. The Hall–Kier alpha value is -8.13. The van der Waals surface area contributed by atoms with Gasteiger partial charge in [0.15, 0.2) is 5.78 Å². The lowest BCUT2D eigenvalue weighted by atomic mass is 9.90. The molecule has 1 unspecified atom stereocenters. The highest BCUT2D eigenvalue weighted by atomic mass is 32.1.